The predicted octanol–water partition coefficient (Wildman–Crippen LogP) is 3.92. The summed E-state index contributed by atoms with van der Waals surface area (Å²) >= 11 is 0. The third-order valence-electron chi connectivity index (χ3n) is 5.24. The molecule has 0 radical (unpaired) electrons. The maximum atomic E-state index is 2.75. The fourth-order valence-electron chi connectivity index (χ4n) is 3.77. The van der Waals surface area contributed by atoms with Gasteiger partial charge in [-0.3, -0.25) is 0 Å². The number of rotatable bonds is 3. The molecule has 0 aliphatic carbocycles. The summed E-state index contributed by atoms with van der Waals surface area (Å²) in [6.07, 6.45) is 8.32. The van der Waals surface area contributed by atoms with E-state index in [-0.39, 0.29) is 0 Å². The van der Waals surface area contributed by atoms with Crippen molar-refractivity contribution in [1.82, 2.24) is 10.0 Å². The highest BCUT2D eigenvalue weighted by atomic mass is 15.6. The summed E-state index contributed by atoms with van der Waals surface area (Å²) in [6, 6.07) is 1.56. The van der Waals surface area contributed by atoms with Crippen molar-refractivity contribution in [3.63, 3.8) is 0 Å². The van der Waals surface area contributed by atoms with Gasteiger partial charge in [-0.05, 0) is 50.9 Å². The standard InChI is InChI=1S/C16H32N2/c1-5-15-9-8-14(4)17(12-15)18-11-13(3)7-10-16(18)6-2/h13-16H,5-12H2,1-4H3. The van der Waals surface area contributed by atoms with Gasteiger partial charge in [-0.2, -0.15) is 0 Å². The SMILES string of the molecule is CCC1CCC(C)N(N2CC(C)CCC2CC)C1. The van der Waals surface area contributed by atoms with E-state index in [1.54, 1.807) is 0 Å². The molecule has 0 N–H and O–H groups in total. The van der Waals surface area contributed by atoms with E-state index in [0.29, 0.717) is 0 Å². The molecule has 2 aliphatic rings. The molecule has 0 amide bonds. The van der Waals surface area contributed by atoms with Crippen molar-refractivity contribution in [2.24, 2.45) is 11.8 Å². The Morgan fingerprint density at radius 1 is 0.833 bits per heavy atom. The minimum absolute atomic E-state index is 0.757. The van der Waals surface area contributed by atoms with Gasteiger partial charge >= 0.3 is 0 Å². The highest BCUT2D eigenvalue weighted by Gasteiger charge is 2.34. The number of hydrogen-bond donors (Lipinski definition) is 0. The quantitative estimate of drug-likeness (QED) is 0.751. The van der Waals surface area contributed by atoms with E-state index >= 15 is 0 Å². The highest BCUT2D eigenvalue weighted by molar-refractivity contribution is 4.83. The zero-order valence-electron chi connectivity index (χ0n) is 12.9. The summed E-state index contributed by atoms with van der Waals surface area (Å²) in [6.45, 7) is 12.2. The number of piperidine rings is 2. The van der Waals surface area contributed by atoms with Crippen molar-refractivity contribution in [3.05, 3.63) is 0 Å². The number of hydrazine groups is 1. The fraction of sp³-hybridized carbons (Fsp3) is 1.00. The molecule has 2 heterocycles. The van der Waals surface area contributed by atoms with Gasteiger partial charge in [0.05, 0.1) is 0 Å². The van der Waals surface area contributed by atoms with Crippen LogP contribution < -0.4 is 0 Å². The van der Waals surface area contributed by atoms with Gasteiger partial charge in [-0.15, -0.1) is 0 Å². The Kier molecular flexibility index (Phi) is 5.08. The largest absolute Gasteiger partial charge is 0.238 e. The molecule has 2 fully saturated rings. The van der Waals surface area contributed by atoms with Gasteiger partial charge in [0.15, 0.2) is 0 Å². The van der Waals surface area contributed by atoms with E-state index in [1.165, 1.54) is 51.6 Å². The molecule has 2 heteroatoms. The van der Waals surface area contributed by atoms with Gasteiger partial charge in [0, 0.05) is 25.2 Å². The van der Waals surface area contributed by atoms with E-state index in [2.05, 4.69) is 37.7 Å². The van der Waals surface area contributed by atoms with Crippen LogP contribution in [0.4, 0.5) is 0 Å². The molecule has 4 atom stereocenters. The van der Waals surface area contributed by atoms with Gasteiger partial charge in [0.2, 0.25) is 0 Å². The lowest BCUT2D eigenvalue weighted by atomic mass is 9.90. The van der Waals surface area contributed by atoms with Crippen LogP contribution in [0.15, 0.2) is 0 Å². The zero-order chi connectivity index (χ0) is 13.1. The van der Waals surface area contributed by atoms with Crippen molar-refractivity contribution in [3.8, 4) is 0 Å². The molecule has 18 heavy (non-hydrogen) atoms. The van der Waals surface area contributed by atoms with E-state index in [9.17, 15) is 0 Å². The second-order valence-electron chi connectivity index (χ2n) is 6.69. The first-order valence-electron chi connectivity index (χ1n) is 8.18. The normalized spacial score (nSPS) is 40.0. The Bertz CT molecular complexity index is 253. The maximum Gasteiger partial charge on any atom is 0.0243 e. The van der Waals surface area contributed by atoms with Crippen LogP contribution in [0, 0.1) is 11.8 Å². The third kappa shape index (κ3) is 3.08. The van der Waals surface area contributed by atoms with Crippen LogP contribution in [0.1, 0.15) is 66.2 Å². The van der Waals surface area contributed by atoms with E-state index in [1.807, 2.05) is 0 Å². The molecule has 4 unspecified atom stereocenters. The first-order valence-corrected chi connectivity index (χ1v) is 8.18. The van der Waals surface area contributed by atoms with E-state index in [0.717, 1.165) is 23.9 Å². The lowest BCUT2D eigenvalue weighted by Crippen LogP contribution is -2.58. The van der Waals surface area contributed by atoms with Crippen LogP contribution in [0.2, 0.25) is 0 Å². The summed E-state index contributed by atoms with van der Waals surface area (Å²) in [5.41, 5.74) is 0. The van der Waals surface area contributed by atoms with Crippen LogP contribution in [0.25, 0.3) is 0 Å². The predicted molar refractivity (Wildman–Crippen MR) is 78.4 cm³/mol. The lowest BCUT2D eigenvalue weighted by Gasteiger charge is -2.50. The average Bonchev–Trinajstić information content (AvgIpc) is 2.39. The van der Waals surface area contributed by atoms with Crippen molar-refractivity contribution < 1.29 is 0 Å². The van der Waals surface area contributed by atoms with E-state index < -0.39 is 0 Å². The topological polar surface area (TPSA) is 6.48 Å². The molecule has 0 aromatic heterocycles. The van der Waals surface area contributed by atoms with Gasteiger partial charge in [0.1, 0.15) is 0 Å². The van der Waals surface area contributed by atoms with E-state index in [4.69, 9.17) is 0 Å². The molecule has 2 saturated heterocycles. The van der Waals surface area contributed by atoms with Gasteiger partial charge in [0.25, 0.3) is 0 Å². The second-order valence-corrected chi connectivity index (χ2v) is 6.69. The molecule has 0 spiro atoms. The average molecular weight is 252 g/mol. The fourth-order valence-corrected chi connectivity index (χ4v) is 3.77. The Balaban J connectivity index is 2.05. The van der Waals surface area contributed by atoms with Crippen molar-refractivity contribution in [1.29, 1.82) is 0 Å². The van der Waals surface area contributed by atoms with Crippen LogP contribution in [-0.4, -0.2) is 35.2 Å². The summed E-state index contributed by atoms with van der Waals surface area (Å²) in [5, 5.41) is 5.49. The van der Waals surface area contributed by atoms with Gasteiger partial charge in [-0.25, -0.2) is 10.0 Å². The molecular weight excluding hydrogens is 220 g/mol. The first kappa shape index (κ1) is 14.3. The van der Waals surface area contributed by atoms with Crippen LogP contribution in [0.5, 0.6) is 0 Å². The minimum Gasteiger partial charge on any atom is -0.238 e. The van der Waals surface area contributed by atoms with Crippen molar-refractivity contribution in [2.45, 2.75) is 78.3 Å². The number of hydrogen-bond acceptors (Lipinski definition) is 2. The third-order valence-corrected chi connectivity index (χ3v) is 5.24. The van der Waals surface area contributed by atoms with Gasteiger partial charge < -0.3 is 0 Å². The molecular formula is C16H32N2. The Hall–Kier alpha value is -0.0800. The lowest BCUT2D eigenvalue weighted by molar-refractivity contribution is -0.137. The molecule has 106 valence electrons. The Morgan fingerprint density at radius 3 is 2.28 bits per heavy atom. The summed E-state index contributed by atoms with van der Waals surface area (Å²) in [4.78, 5) is 0. The van der Waals surface area contributed by atoms with Crippen LogP contribution in [-0.2, 0) is 0 Å². The molecule has 0 bridgehead atoms. The van der Waals surface area contributed by atoms with Crippen LogP contribution in [0.3, 0.4) is 0 Å². The van der Waals surface area contributed by atoms with Crippen molar-refractivity contribution in [2.75, 3.05) is 13.1 Å². The minimum atomic E-state index is 0.757. The summed E-state index contributed by atoms with van der Waals surface area (Å²) < 4.78 is 0. The summed E-state index contributed by atoms with van der Waals surface area (Å²) in [7, 11) is 0. The first-order chi connectivity index (χ1) is 8.65. The number of nitrogens with zero attached hydrogens (tertiary/aromatic N) is 2. The maximum absolute atomic E-state index is 2.75. The molecule has 0 saturated carbocycles. The molecule has 0 aromatic rings. The molecule has 2 nitrogen and oxygen atoms in total. The molecule has 2 rings (SSSR count). The van der Waals surface area contributed by atoms with Gasteiger partial charge in [-0.1, -0.05) is 27.2 Å². The Morgan fingerprint density at radius 2 is 1.61 bits per heavy atom. The molecule has 0 aromatic carbocycles. The highest BCUT2D eigenvalue weighted by Crippen LogP contribution is 2.31. The Labute approximate surface area is 114 Å². The smallest absolute Gasteiger partial charge is 0.0243 e. The molecule has 2 aliphatic heterocycles. The second kappa shape index (κ2) is 6.38. The monoisotopic (exact) mass is 252 g/mol. The van der Waals surface area contributed by atoms with Crippen molar-refractivity contribution >= 4 is 0 Å². The zero-order valence-corrected chi connectivity index (χ0v) is 12.9. The van der Waals surface area contributed by atoms with Crippen LogP contribution >= 0.6 is 0 Å². The summed E-state index contributed by atoms with van der Waals surface area (Å²) in [5.74, 6) is 1.80.